The number of nitrogens with zero attached hydrogens (tertiary/aromatic N) is 1. The Balaban J connectivity index is 3.96. The van der Waals surface area contributed by atoms with Gasteiger partial charge in [0.2, 0.25) is 12.0 Å². The highest BCUT2D eigenvalue weighted by Gasteiger charge is 2.25. The van der Waals surface area contributed by atoms with E-state index in [9.17, 15) is 14.4 Å². The molecule has 0 aromatic heterocycles. The lowest BCUT2D eigenvalue weighted by atomic mass is 9.98. The number of unbranched alkanes of at least 4 members (excludes halogenated alkanes) is 12. The van der Waals surface area contributed by atoms with E-state index in [-0.39, 0.29) is 17.9 Å². The Morgan fingerprint density at radius 1 is 0.758 bits per heavy atom. The fourth-order valence-electron chi connectivity index (χ4n) is 3.75. The van der Waals surface area contributed by atoms with Crippen molar-refractivity contribution in [3.05, 3.63) is 0 Å². The lowest BCUT2D eigenvalue weighted by molar-refractivity contribution is -0.124. The fourth-order valence-corrected chi connectivity index (χ4v) is 3.75. The summed E-state index contributed by atoms with van der Waals surface area (Å²) in [5.74, 6) is -0.0204. The highest BCUT2D eigenvalue weighted by molar-refractivity contribution is 5.87. The molecular formula is C26H50N4O3. The number of hydrogen-bond acceptors (Lipinski definition) is 4. The molecule has 0 aliphatic carbocycles. The van der Waals surface area contributed by atoms with Crippen LogP contribution < -0.4 is 16.0 Å². The second-order valence-electron chi connectivity index (χ2n) is 9.12. The van der Waals surface area contributed by atoms with Gasteiger partial charge in [-0.3, -0.25) is 4.79 Å². The van der Waals surface area contributed by atoms with Gasteiger partial charge in [-0.1, -0.05) is 97.8 Å². The van der Waals surface area contributed by atoms with Gasteiger partial charge in [-0.15, -0.1) is 0 Å². The smallest absolute Gasteiger partial charge is 0.315 e. The van der Waals surface area contributed by atoms with Gasteiger partial charge < -0.3 is 16.0 Å². The predicted octanol–water partition coefficient (Wildman–Crippen LogP) is 5.63. The quantitative estimate of drug-likeness (QED) is 0.109. The van der Waals surface area contributed by atoms with Crippen LogP contribution in [-0.2, 0) is 9.59 Å². The topological polar surface area (TPSA) is 99.7 Å². The fraction of sp³-hybridized carbons (Fsp3) is 0.885. The average molecular weight is 467 g/mol. The molecule has 0 saturated carbocycles. The number of aliphatic imine (C=N–C) groups is 1. The van der Waals surface area contributed by atoms with Crippen molar-refractivity contribution in [2.75, 3.05) is 19.6 Å². The molecule has 0 aromatic carbocycles. The number of nitrogens with one attached hydrogen (secondary N) is 3. The van der Waals surface area contributed by atoms with E-state index in [0.29, 0.717) is 19.6 Å². The zero-order chi connectivity index (χ0) is 24.6. The molecule has 0 spiro atoms. The summed E-state index contributed by atoms with van der Waals surface area (Å²) in [5, 5.41) is 8.71. The third kappa shape index (κ3) is 19.3. The first-order valence-corrected chi connectivity index (χ1v) is 13.4. The third-order valence-corrected chi connectivity index (χ3v) is 6.16. The SMILES string of the molecule is CCCCCCCCCCCCNC(=O)[C@@H](NC(=O)NCCCCCCN=C=O)[C@@H](C)CC. The molecule has 3 amide bonds. The number of amides is 3. The minimum Gasteiger partial charge on any atom is -0.354 e. The van der Waals surface area contributed by atoms with E-state index in [0.717, 1.165) is 44.9 Å². The summed E-state index contributed by atoms with van der Waals surface area (Å²) in [4.78, 5) is 38.4. The maximum atomic E-state index is 12.7. The van der Waals surface area contributed by atoms with Crippen LogP contribution in [0.4, 0.5) is 4.79 Å². The molecule has 0 aliphatic heterocycles. The maximum absolute atomic E-state index is 12.7. The van der Waals surface area contributed by atoms with Crippen molar-refractivity contribution < 1.29 is 14.4 Å². The molecule has 0 fully saturated rings. The number of isocyanates is 1. The van der Waals surface area contributed by atoms with Crippen LogP contribution in [0, 0.1) is 5.92 Å². The van der Waals surface area contributed by atoms with Crippen molar-refractivity contribution in [3.63, 3.8) is 0 Å². The van der Waals surface area contributed by atoms with Crippen molar-refractivity contribution >= 4 is 18.0 Å². The summed E-state index contributed by atoms with van der Waals surface area (Å²) < 4.78 is 0. The van der Waals surface area contributed by atoms with Crippen LogP contribution in [0.1, 0.15) is 117 Å². The molecular weight excluding hydrogens is 416 g/mol. The first-order valence-electron chi connectivity index (χ1n) is 13.4. The number of carbonyl (C=O) groups is 2. The van der Waals surface area contributed by atoms with E-state index >= 15 is 0 Å². The summed E-state index contributed by atoms with van der Waals surface area (Å²) >= 11 is 0. The molecule has 0 unspecified atom stereocenters. The lowest BCUT2D eigenvalue weighted by Gasteiger charge is -2.23. The highest BCUT2D eigenvalue weighted by atomic mass is 16.2. The van der Waals surface area contributed by atoms with Gasteiger partial charge in [-0.05, 0) is 25.2 Å². The summed E-state index contributed by atoms with van der Waals surface area (Å²) in [7, 11) is 0. The van der Waals surface area contributed by atoms with Gasteiger partial charge in [-0.2, -0.15) is 0 Å². The Bertz CT molecular complexity index is 536. The van der Waals surface area contributed by atoms with Gasteiger partial charge in [0.15, 0.2) is 0 Å². The molecule has 0 rings (SSSR count). The second kappa shape index (κ2) is 23.3. The third-order valence-electron chi connectivity index (χ3n) is 6.16. The first kappa shape index (κ1) is 31.1. The molecule has 7 nitrogen and oxygen atoms in total. The van der Waals surface area contributed by atoms with Crippen molar-refractivity contribution in [1.29, 1.82) is 0 Å². The molecule has 7 heteroatoms. The summed E-state index contributed by atoms with van der Waals surface area (Å²) in [6.07, 6.45) is 18.7. The first-order chi connectivity index (χ1) is 16.1. The van der Waals surface area contributed by atoms with E-state index < -0.39 is 6.04 Å². The van der Waals surface area contributed by atoms with Crippen LogP contribution >= 0.6 is 0 Å². The molecule has 0 radical (unpaired) electrons. The maximum Gasteiger partial charge on any atom is 0.315 e. The second-order valence-corrected chi connectivity index (χ2v) is 9.12. The van der Waals surface area contributed by atoms with Gasteiger partial charge in [-0.25, -0.2) is 14.6 Å². The molecule has 0 aromatic rings. The molecule has 0 aliphatic rings. The molecule has 0 heterocycles. The molecule has 3 N–H and O–H groups in total. The Morgan fingerprint density at radius 3 is 1.82 bits per heavy atom. The Morgan fingerprint density at radius 2 is 1.27 bits per heavy atom. The normalized spacial score (nSPS) is 12.5. The van der Waals surface area contributed by atoms with Crippen LogP contribution in [0.25, 0.3) is 0 Å². The standard InChI is InChI=1S/C26H50N4O3/c1-4-6-7-8-9-10-11-12-13-17-20-28-25(32)24(23(3)5-2)30-26(33)29-21-18-15-14-16-19-27-22-31/h23-24H,4-21H2,1-3H3,(H,28,32)(H2,29,30,33)/t23-,24-/m0/s1. The summed E-state index contributed by atoms with van der Waals surface area (Å²) in [6, 6.07) is -0.806. The van der Waals surface area contributed by atoms with Crippen molar-refractivity contribution in [2.45, 2.75) is 123 Å². The van der Waals surface area contributed by atoms with E-state index in [4.69, 9.17) is 0 Å². The largest absolute Gasteiger partial charge is 0.354 e. The highest BCUT2D eigenvalue weighted by Crippen LogP contribution is 2.11. The van der Waals surface area contributed by atoms with Gasteiger partial charge >= 0.3 is 6.03 Å². The van der Waals surface area contributed by atoms with Crippen LogP contribution in [0.3, 0.4) is 0 Å². The number of hydrogen-bond donors (Lipinski definition) is 3. The average Bonchev–Trinajstić information content (AvgIpc) is 2.82. The van der Waals surface area contributed by atoms with E-state index in [1.54, 1.807) is 0 Å². The summed E-state index contributed by atoms with van der Waals surface area (Å²) in [6.45, 7) is 8.02. The van der Waals surface area contributed by atoms with Crippen LogP contribution in [-0.4, -0.2) is 43.7 Å². The van der Waals surface area contributed by atoms with Crippen molar-refractivity contribution in [1.82, 2.24) is 16.0 Å². The molecule has 0 saturated heterocycles. The predicted molar refractivity (Wildman–Crippen MR) is 136 cm³/mol. The zero-order valence-electron chi connectivity index (χ0n) is 21.6. The van der Waals surface area contributed by atoms with Crippen LogP contribution in [0.15, 0.2) is 4.99 Å². The van der Waals surface area contributed by atoms with Crippen LogP contribution in [0.5, 0.6) is 0 Å². The minimum absolute atomic E-state index is 0.0711. The van der Waals surface area contributed by atoms with E-state index in [1.165, 1.54) is 57.4 Å². The van der Waals surface area contributed by atoms with Gasteiger partial charge in [0.25, 0.3) is 0 Å². The molecule has 0 bridgehead atoms. The Hall–Kier alpha value is -1.88. The zero-order valence-corrected chi connectivity index (χ0v) is 21.6. The van der Waals surface area contributed by atoms with Crippen LogP contribution in [0.2, 0.25) is 0 Å². The minimum atomic E-state index is -0.515. The van der Waals surface area contributed by atoms with Gasteiger partial charge in [0.05, 0.1) is 6.54 Å². The summed E-state index contributed by atoms with van der Waals surface area (Å²) in [5.41, 5.74) is 0. The molecule has 192 valence electrons. The molecule has 33 heavy (non-hydrogen) atoms. The van der Waals surface area contributed by atoms with Gasteiger partial charge in [0, 0.05) is 13.1 Å². The lowest BCUT2D eigenvalue weighted by Crippen LogP contribution is -2.53. The van der Waals surface area contributed by atoms with E-state index in [1.807, 2.05) is 13.8 Å². The number of rotatable bonds is 22. The van der Waals surface area contributed by atoms with Crippen molar-refractivity contribution in [2.24, 2.45) is 10.9 Å². The number of urea groups is 1. The monoisotopic (exact) mass is 466 g/mol. The molecule has 2 atom stereocenters. The van der Waals surface area contributed by atoms with Gasteiger partial charge in [0.1, 0.15) is 6.04 Å². The Labute approximate surface area is 202 Å². The van der Waals surface area contributed by atoms with E-state index in [2.05, 4.69) is 27.9 Å². The number of carbonyl (C=O) groups excluding carboxylic acids is 3. The Kier molecular flexibility index (Phi) is 22.0. The van der Waals surface area contributed by atoms with Crippen molar-refractivity contribution in [3.8, 4) is 0 Å².